The molecule has 1 unspecified atom stereocenters. The van der Waals surface area contributed by atoms with Gasteiger partial charge in [-0.3, -0.25) is 0 Å². The zero-order valence-electron chi connectivity index (χ0n) is 9.43. The van der Waals surface area contributed by atoms with E-state index in [0.29, 0.717) is 5.82 Å². The summed E-state index contributed by atoms with van der Waals surface area (Å²) in [5.74, 6) is 0.152. The molecule has 1 heterocycles. The van der Waals surface area contributed by atoms with Gasteiger partial charge in [-0.15, -0.1) is 11.6 Å². The van der Waals surface area contributed by atoms with Crippen molar-refractivity contribution in [3.05, 3.63) is 35.8 Å². The standard InChI is InChI=1S/C12H9BrClN3O/c1-17-9-5-3-2-4-8(9)16-12(17)7(6-15)10(18)11(13)14/h2-5,11,18H,1H3. The largest absolute Gasteiger partial charge is 0.508 e. The minimum atomic E-state index is -0.813. The van der Waals surface area contributed by atoms with Gasteiger partial charge in [-0.1, -0.05) is 28.1 Å². The molecule has 0 aliphatic heterocycles. The average molecular weight is 327 g/mol. The lowest BCUT2D eigenvalue weighted by atomic mass is 10.2. The number of fused-ring (bicyclic) bond motifs is 1. The number of aliphatic hydroxyl groups excluding tert-OH is 1. The number of nitriles is 1. The molecule has 92 valence electrons. The smallest absolute Gasteiger partial charge is 0.155 e. The number of aryl methyl sites for hydroxylation is 1. The number of nitrogens with zero attached hydrogens (tertiary/aromatic N) is 3. The number of hydrogen-bond acceptors (Lipinski definition) is 3. The molecule has 1 aromatic heterocycles. The van der Waals surface area contributed by atoms with Gasteiger partial charge in [0, 0.05) is 7.05 Å². The fourth-order valence-electron chi connectivity index (χ4n) is 1.70. The van der Waals surface area contributed by atoms with E-state index in [-0.39, 0.29) is 11.3 Å². The van der Waals surface area contributed by atoms with Crippen LogP contribution in [0, 0.1) is 11.3 Å². The Balaban J connectivity index is 2.72. The van der Waals surface area contributed by atoms with E-state index in [1.54, 1.807) is 11.6 Å². The Morgan fingerprint density at radius 2 is 2.22 bits per heavy atom. The molecule has 18 heavy (non-hydrogen) atoms. The van der Waals surface area contributed by atoms with Gasteiger partial charge in [0.1, 0.15) is 21.7 Å². The van der Waals surface area contributed by atoms with Gasteiger partial charge in [-0.2, -0.15) is 5.26 Å². The van der Waals surface area contributed by atoms with Crippen LogP contribution in [0.4, 0.5) is 0 Å². The van der Waals surface area contributed by atoms with E-state index >= 15 is 0 Å². The van der Waals surface area contributed by atoms with E-state index in [1.807, 2.05) is 30.3 Å². The van der Waals surface area contributed by atoms with E-state index in [4.69, 9.17) is 16.9 Å². The highest BCUT2D eigenvalue weighted by atomic mass is 79.9. The molecule has 0 saturated heterocycles. The highest BCUT2D eigenvalue weighted by molar-refractivity contribution is 9.10. The Morgan fingerprint density at radius 1 is 1.56 bits per heavy atom. The first-order valence-electron chi connectivity index (χ1n) is 5.09. The van der Waals surface area contributed by atoms with Crippen LogP contribution in [0.1, 0.15) is 5.82 Å². The summed E-state index contributed by atoms with van der Waals surface area (Å²) in [5.41, 5.74) is 1.70. The van der Waals surface area contributed by atoms with Gasteiger partial charge in [0.2, 0.25) is 0 Å². The quantitative estimate of drug-likeness (QED) is 0.523. The minimum Gasteiger partial charge on any atom is -0.508 e. The van der Waals surface area contributed by atoms with Crippen molar-refractivity contribution in [2.45, 2.75) is 4.29 Å². The van der Waals surface area contributed by atoms with Crippen LogP contribution in [0.5, 0.6) is 0 Å². The normalized spacial score (nSPS) is 14.1. The molecule has 2 rings (SSSR count). The minimum absolute atomic E-state index is 0.0607. The zero-order valence-corrected chi connectivity index (χ0v) is 11.8. The molecule has 6 heteroatoms. The lowest BCUT2D eigenvalue weighted by Gasteiger charge is -2.05. The molecule has 1 atom stereocenters. The summed E-state index contributed by atoms with van der Waals surface area (Å²) in [6, 6.07) is 9.42. The summed E-state index contributed by atoms with van der Waals surface area (Å²) < 4.78 is 0.933. The highest BCUT2D eigenvalue weighted by Crippen LogP contribution is 2.26. The number of aromatic nitrogens is 2. The number of rotatable bonds is 2. The summed E-state index contributed by atoms with van der Waals surface area (Å²) in [5, 5.41) is 19.0. The van der Waals surface area contributed by atoms with Crippen molar-refractivity contribution in [2.75, 3.05) is 0 Å². The predicted octanol–water partition coefficient (Wildman–Crippen LogP) is 3.33. The number of hydrogen-bond donors (Lipinski definition) is 1. The second-order valence-electron chi connectivity index (χ2n) is 3.66. The van der Waals surface area contributed by atoms with Crippen LogP contribution in [-0.4, -0.2) is 18.9 Å². The molecule has 0 amide bonds. The maximum Gasteiger partial charge on any atom is 0.155 e. The molecule has 0 saturated carbocycles. The third-order valence-electron chi connectivity index (χ3n) is 2.59. The van der Waals surface area contributed by atoms with Crippen LogP contribution in [0.25, 0.3) is 16.6 Å². The molecule has 0 fully saturated rings. The molecule has 1 N–H and O–H groups in total. The van der Waals surface area contributed by atoms with Crippen molar-refractivity contribution in [2.24, 2.45) is 7.05 Å². The molecule has 0 spiro atoms. The van der Waals surface area contributed by atoms with E-state index in [2.05, 4.69) is 20.9 Å². The third kappa shape index (κ3) is 2.09. The van der Waals surface area contributed by atoms with Crippen LogP contribution < -0.4 is 0 Å². The zero-order chi connectivity index (χ0) is 13.3. The molecular weight excluding hydrogens is 318 g/mol. The molecular formula is C12H9BrClN3O. The first kappa shape index (κ1) is 12.9. The van der Waals surface area contributed by atoms with Crippen molar-refractivity contribution in [1.29, 1.82) is 5.26 Å². The van der Waals surface area contributed by atoms with Crippen LogP contribution in [0.15, 0.2) is 30.0 Å². The summed E-state index contributed by atoms with van der Waals surface area (Å²) in [6.07, 6.45) is 0. The Morgan fingerprint density at radius 3 is 2.78 bits per heavy atom. The molecule has 0 aliphatic carbocycles. The molecule has 0 aliphatic rings. The average Bonchev–Trinajstić information content (AvgIpc) is 2.68. The van der Waals surface area contributed by atoms with E-state index in [1.165, 1.54) is 0 Å². The number of alkyl halides is 2. The molecule has 0 bridgehead atoms. The van der Waals surface area contributed by atoms with Crippen molar-refractivity contribution in [3.8, 4) is 6.07 Å². The summed E-state index contributed by atoms with van der Waals surface area (Å²) >= 11 is 8.74. The van der Waals surface area contributed by atoms with Crippen molar-refractivity contribution >= 4 is 44.1 Å². The highest BCUT2D eigenvalue weighted by Gasteiger charge is 2.19. The number of benzene rings is 1. The Hall–Kier alpha value is -1.51. The molecule has 4 nitrogen and oxygen atoms in total. The first-order chi connectivity index (χ1) is 8.56. The number of halogens is 2. The topological polar surface area (TPSA) is 61.8 Å². The summed E-state index contributed by atoms with van der Waals surface area (Å²) in [7, 11) is 1.78. The second kappa shape index (κ2) is 5.01. The van der Waals surface area contributed by atoms with Gasteiger partial charge >= 0.3 is 0 Å². The fraction of sp³-hybridized carbons (Fsp3) is 0.167. The van der Waals surface area contributed by atoms with Crippen LogP contribution in [-0.2, 0) is 7.05 Å². The van der Waals surface area contributed by atoms with Crippen LogP contribution >= 0.6 is 27.5 Å². The maximum absolute atomic E-state index is 9.81. The SMILES string of the molecule is Cn1c(C(C#N)=C(O)C(Cl)Br)nc2ccccc21. The van der Waals surface area contributed by atoms with Gasteiger partial charge in [0.25, 0.3) is 0 Å². The van der Waals surface area contributed by atoms with Crippen LogP contribution in [0.3, 0.4) is 0 Å². The Labute approximate surface area is 117 Å². The van der Waals surface area contributed by atoms with Gasteiger partial charge in [0.15, 0.2) is 5.82 Å². The third-order valence-corrected chi connectivity index (χ3v) is 3.23. The lowest BCUT2D eigenvalue weighted by Crippen LogP contribution is -2.02. The maximum atomic E-state index is 9.81. The van der Waals surface area contributed by atoms with Crippen molar-refractivity contribution in [1.82, 2.24) is 9.55 Å². The van der Waals surface area contributed by atoms with E-state index in [0.717, 1.165) is 11.0 Å². The first-order valence-corrected chi connectivity index (χ1v) is 6.44. The van der Waals surface area contributed by atoms with Gasteiger partial charge in [-0.05, 0) is 12.1 Å². The summed E-state index contributed by atoms with van der Waals surface area (Å²) in [4.78, 5) is 4.33. The lowest BCUT2D eigenvalue weighted by molar-refractivity contribution is 0.415. The predicted molar refractivity (Wildman–Crippen MR) is 74.4 cm³/mol. The monoisotopic (exact) mass is 325 g/mol. The van der Waals surface area contributed by atoms with E-state index < -0.39 is 4.29 Å². The number of aliphatic hydroxyl groups is 1. The van der Waals surface area contributed by atoms with Crippen molar-refractivity contribution in [3.63, 3.8) is 0 Å². The van der Waals surface area contributed by atoms with Crippen molar-refractivity contribution < 1.29 is 5.11 Å². The number of allylic oxidation sites excluding steroid dienone is 2. The Kier molecular flexibility index (Phi) is 3.60. The van der Waals surface area contributed by atoms with Crippen LogP contribution in [0.2, 0.25) is 0 Å². The number of para-hydroxylation sites is 2. The molecule has 1 aromatic carbocycles. The molecule has 0 radical (unpaired) electrons. The van der Waals surface area contributed by atoms with Gasteiger partial charge in [-0.25, -0.2) is 4.98 Å². The number of imidazole rings is 1. The molecule has 2 aromatic rings. The summed E-state index contributed by atoms with van der Waals surface area (Å²) in [6.45, 7) is 0. The Bertz CT molecular complexity index is 670. The fourth-order valence-corrected chi connectivity index (χ4v) is 2.04. The van der Waals surface area contributed by atoms with E-state index in [9.17, 15) is 5.11 Å². The van der Waals surface area contributed by atoms with Gasteiger partial charge < -0.3 is 9.67 Å². The van der Waals surface area contributed by atoms with Gasteiger partial charge in [0.05, 0.1) is 11.0 Å². The second-order valence-corrected chi connectivity index (χ2v) is 5.54.